The summed E-state index contributed by atoms with van der Waals surface area (Å²) in [6.07, 6.45) is 0.294. The van der Waals surface area contributed by atoms with Gasteiger partial charge in [0.25, 0.3) is 5.91 Å². The maximum atomic E-state index is 12.4. The number of ether oxygens (including phenoxy) is 3. The van der Waals surface area contributed by atoms with Gasteiger partial charge in [-0.3, -0.25) is 4.79 Å². The normalized spacial score (nSPS) is 13.2. The molecule has 0 aliphatic heterocycles. The van der Waals surface area contributed by atoms with Crippen molar-refractivity contribution in [3.05, 3.63) is 23.8 Å². The molecule has 1 N–H and O–H groups in total. The molecule has 0 fully saturated rings. The van der Waals surface area contributed by atoms with Crippen molar-refractivity contribution in [2.24, 2.45) is 0 Å². The lowest BCUT2D eigenvalue weighted by molar-refractivity contribution is -0.147. The first-order valence-corrected chi connectivity index (χ1v) is 6.81. The molecule has 0 saturated heterocycles. The lowest BCUT2D eigenvalue weighted by atomic mass is 9.98. The molecular formula is C15H19F2NO5. The van der Waals surface area contributed by atoms with E-state index in [9.17, 15) is 18.4 Å². The summed E-state index contributed by atoms with van der Waals surface area (Å²) in [6, 6.07) is 3.82. The monoisotopic (exact) mass is 331 g/mol. The van der Waals surface area contributed by atoms with E-state index in [2.05, 4.69) is 14.8 Å². The summed E-state index contributed by atoms with van der Waals surface area (Å²) in [4.78, 5) is 24.0. The fraction of sp³-hybridized carbons (Fsp3) is 0.467. The van der Waals surface area contributed by atoms with Gasteiger partial charge in [-0.05, 0) is 31.5 Å². The van der Waals surface area contributed by atoms with E-state index >= 15 is 0 Å². The Balaban J connectivity index is 3.06. The van der Waals surface area contributed by atoms with Gasteiger partial charge in [0, 0.05) is 5.56 Å². The smallest absolute Gasteiger partial charge is 0.387 e. The number of esters is 1. The van der Waals surface area contributed by atoms with Crippen LogP contribution in [-0.4, -0.2) is 38.2 Å². The van der Waals surface area contributed by atoms with Crippen LogP contribution in [-0.2, 0) is 9.53 Å². The van der Waals surface area contributed by atoms with Gasteiger partial charge in [-0.2, -0.15) is 8.78 Å². The minimum absolute atomic E-state index is 0.0463. The third-order valence-corrected chi connectivity index (χ3v) is 3.37. The molecule has 6 nitrogen and oxygen atoms in total. The van der Waals surface area contributed by atoms with E-state index in [0.717, 1.165) is 6.07 Å². The maximum Gasteiger partial charge on any atom is 0.387 e. The third kappa shape index (κ3) is 4.54. The molecule has 0 saturated carbocycles. The van der Waals surface area contributed by atoms with Crippen molar-refractivity contribution in [1.82, 2.24) is 5.32 Å². The first kappa shape index (κ1) is 18.7. The van der Waals surface area contributed by atoms with Crippen molar-refractivity contribution < 1.29 is 32.6 Å². The second kappa shape index (κ2) is 7.75. The van der Waals surface area contributed by atoms with Crippen molar-refractivity contribution in [3.63, 3.8) is 0 Å². The zero-order valence-electron chi connectivity index (χ0n) is 13.3. The Morgan fingerprint density at radius 2 is 1.91 bits per heavy atom. The van der Waals surface area contributed by atoms with Crippen LogP contribution in [0, 0.1) is 0 Å². The highest BCUT2D eigenvalue weighted by Crippen LogP contribution is 2.29. The molecule has 1 amide bonds. The highest BCUT2D eigenvalue weighted by atomic mass is 19.3. The predicted molar refractivity (Wildman–Crippen MR) is 77.8 cm³/mol. The minimum atomic E-state index is -3.06. The quantitative estimate of drug-likeness (QED) is 0.777. The number of halogens is 2. The summed E-state index contributed by atoms with van der Waals surface area (Å²) >= 11 is 0. The molecule has 1 aromatic carbocycles. The maximum absolute atomic E-state index is 12.4. The predicted octanol–water partition coefficient (Wildman–Crippen LogP) is 2.37. The van der Waals surface area contributed by atoms with Crippen LogP contribution in [0.5, 0.6) is 11.5 Å². The van der Waals surface area contributed by atoms with Crippen LogP contribution in [0.3, 0.4) is 0 Å². The molecule has 8 heteroatoms. The zero-order valence-corrected chi connectivity index (χ0v) is 13.3. The van der Waals surface area contributed by atoms with Gasteiger partial charge in [0.1, 0.15) is 5.54 Å². The number of benzene rings is 1. The van der Waals surface area contributed by atoms with Crippen molar-refractivity contribution >= 4 is 11.9 Å². The van der Waals surface area contributed by atoms with Gasteiger partial charge in [0.05, 0.1) is 14.2 Å². The summed E-state index contributed by atoms with van der Waals surface area (Å²) in [6.45, 7) is 0.158. The lowest BCUT2D eigenvalue weighted by Gasteiger charge is -2.26. The average molecular weight is 331 g/mol. The number of rotatable bonds is 7. The van der Waals surface area contributed by atoms with E-state index in [1.807, 2.05) is 0 Å². The average Bonchev–Trinajstić information content (AvgIpc) is 2.53. The summed E-state index contributed by atoms with van der Waals surface area (Å²) < 4.78 is 38.7. The lowest BCUT2D eigenvalue weighted by Crippen LogP contribution is -2.52. The SMILES string of the molecule is CC[C@](C)(NC(=O)c1ccc(OC)c(OC(F)F)c1)C(=O)OC. The van der Waals surface area contributed by atoms with Crippen LogP contribution < -0.4 is 14.8 Å². The Morgan fingerprint density at radius 1 is 1.26 bits per heavy atom. The van der Waals surface area contributed by atoms with Crippen molar-refractivity contribution in [2.75, 3.05) is 14.2 Å². The minimum Gasteiger partial charge on any atom is -0.493 e. The number of alkyl halides is 2. The fourth-order valence-electron chi connectivity index (χ4n) is 1.84. The second-order valence-corrected chi connectivity index (χ2v) is 4.88. The zero-order chi connectivity index (χ0) is 17.6. The standard InChI is InChI=1S/C15H19F2NO5/c1-5-15(2,13(20)22-4)18-12(19)9-6-7-10(21-3)11(8-9)23-14(16)17/h6-8,14H,5H2,1-4H3,(H,18,19)/t15-/m0/s1. The molecule has 1 rings (SSSR count). The van der Waals surface area contributed by atoms with Gasteiger partial charge in [-0.25, -0.2) is 4.79 Å². The second-order valence-electron chi connectivity index (χ2n) is 4.88. The van der Waals surface area contributed by atoms with Crippen LogP contribution in [0.2, 0.25) is 0 Å². The Labute approximate surface area is 132 Å². The van der Waals surface area contributed by atoms with Gasteiger partial charge >= 0.3 is 12.6 Å². The molecule has 0 aliphatic carbocycles. The van der Waals surface area contributed by atoms with Crippen LogP contribution in [0.4, 0.5) is 8.78 Å². The van der Waals surface area contributed by atoms with E-state index in [1.165, 1.54) is 33.3 Å². The van der Waals surface area contributed by atoms with Gasteiger partial charge < -0.3 is 19.5 Å². The number of carbonyl (C=O) groups is 2. The first-order chi connectivity index (χ1) is 10.8. The van der Waals surface area contributed by atoms with Gasteiger partial charge in [0.2, 0.25) is 0 Å². The molecule has 1 aromatic rings. The topological polar surface area (TPSA) is 73.9 Å². The highest BCUT2D eigenvalue weighted by Gasteiger charge is 2.34. The molecule has 0 aromatic heterocycles. The van der Waals surface area contributed by atoms with E-state index in [-0.39, 0.29) is 17.1 Å². The summed E-state index contributed by atoms with van der Waals surface area (Å²) in [5.74, 6) is -1.44. The Morgan fingerprint density at radius 3 is 2.39 bits per heavy atom. The van der Waals surface area contributed by atoms with E-state index in [4.69, 9.17) is 4.74 Å². The molecule has 0 unspecified atom stereocenters. The van der Waals surface area contributed by atoms with Crippen LogP contribution in [0.25, 0.3) is 0 Å². The number of hydrogen-bond acceptors (Lipinski definition) is 5. The molecule has 0 bridgehead atoms. The fourth-order valence-corrected chi connectivity index (χ4v) is 1.84. The van der Waals surface area contributed by atoms with Crippen molar-refractivity contribution in [1.29, 1.82) is 0 Å². The molecule has 128 valence electrons. The number of amides is 1. The van der Waals surface area contributed by atoms with E-state index < -0.39 is 24.0 Å². The van der Waals surface area contributed by atoms with E-state index in [0.29, 0.717) is 6.42 Å². The number of hydrogen-bond donors (Lipinski definition) is 1. The Hall–Kier alpha value is -2.38. The molecule has 1 atom stereocenters. The van der Waals surface area contributed by atoms with Gasteiger partial charge in [-0.15, -0.1) is 0 Å². The Kier molecular flexibility index (Phi) is 6.29. The van der Waals surface area contributed by atoms with Crippen molar-refractivity contribution in [2.45, 2.75) is 32.4 Å². The summed E-state index contributed by atoms with van der Waals surface area (Å²) in [5.41, 5.74) is -1.18. The summed E-state index contributed by atoms with van der Waals surface area (Å²) in [7, 11) is 2.50. The molecule has 0 aliphatic rings. The number of methoxy groups -OCH3 is 2. The molecule has 0 heterocycles. The summed E-state index contributed by atoms with van der Waals surface area (Å²) in [5, 5.41) is 2.53. The largest absolute Gasteiger partial charge is 0.493 e. The Bertz CT molecular complexity index is 579. The van der Waals surface area contributed by atoms with E-state index in [1.54, 1.807) is 6.92 Å². The third-order valence-electron chi connectivity index (χ3n) is 3.37. The molecule has 0 radical (unpaired) electrons. The van der Waals surface area contributed by atoms with Gasteiger partial charge in [-0.1, -0.05) is 6.92 Å². The first-order valence-electron chi connectivity index (χ1n) is 6.81. The van der Waals surface area contributed by atoms with Gasteiger partial charge in [0.15, 0.2) is 11.5 Å². The molecule has 0 spiro atoms. The highest BCUT2D eigenvalue weighted by molar-refractivity contribution is 5.98. The van der Waals surface area contributed by atoms with Crippen LogP contribution >= 0.6 is 0 Å². The number of nitrogens with one attached hydrogen (secondary N) is 1. The van der Waals surface area contributed by atoms with Crippen LogP contribution in [0.15, 0.2) is 18.2 Å². The molecule has 23 heavy (non-hydrogen) atoms. The van der Waals surface area contributed by atoms with Crippen molar-refractivity contribution in [3.8, 4) is 11.5 Å². The van der Waals surface area contributed by atoms with Crippen LogP contribution in [0.1, 0.15) is 30.6 Å². The number of carbonyl (C=O) groups excluding carboxylic acids is 2. The molecular weight excluding hydrogens is 312 g/mol.